The van der Waals surface area contributed by atoms with Crippen molar-refractivity contribution in [2.45, 2.75) is 26.7 Å². The Balaban J connectivity index is 3.67. The highest BCUT2D eigenvalue weighted by atomic mass is 19.3. The maximum Gasteiger partial charge on any atom is 0.312 e. The molecule has 5 heteroatoms. The van der Waals surface area contributed by atoms with Crippen molar-refractivity contribution in [3.8, 4) is 0 Å². The van der Waals surface area contributed by atoms with Crippen LogP contribution in [-0.2, 0) is 4.79 Å². The molecule has 0 aromatic rings. The Morgan fingerprint density at radius 1 is 1.43 bits per heavy atom. The average Bonchev–Trinajstić information content (AvgIpc) is 2.01. The van der Waals surface area contributed by atoms with E-state index >= 15 is 0 Å². The monoisotopic (exact) mass is 209 g/mol. The fraction of sp³-hybridized carbons (Fsp3) is 0.889. The third kappa shape index (κ3) is 5.85. The third-order valence-electron chi connectivity index (χ3n) is 1.81. The molecule has 0 saturated carbocycles. The largest absolute Gasteiger partial charge is 0.481 e. The molecule has 0 amide bonds. The zero-order valence-corrected chi connectivity index (χ0v) is 8.46. The maximum absolute atomic E-state index is 12.1. The van der Waals surface area contributed by atoms with Crippen LogP contribution in [0.1, 0.15) is 20.3 Å². The fourth-order valence-corrected chi connectivity index (χ4v) is 1.01. The van der Waals surface area contributed by atoms with Gasteiger partial charge in [-0.2, -0.15) is 0 Å². The predicted octanol–water partition coefficient (Wildman–Crippen LogP) is 1.59. The van der Waals surface area contributed by atoms with E-state index in [0.717, 1.165) is 6.54 Å². The van der Waals surface area contributed by atoms with Crippen LogP contribution in [0.3, 0.4) is 0 Å². The normalized spacial score (nSPS) is 13.6. The van der Waals surface area contributed by atoms with Crippen LogP contribution in [0.15, 0.2) is 0 Å². The topological polar surface area (TPSA) is 49.3 Å². The lowest BCUT2D eigenvalue weighted by molar-refractivity contribution is -0.147. The summed E-state index contributed by atoms with van der Waals surface area (Å²) < 4.78 is 24.3. The maximum atomic E-state index is 12.1. The molecule has 0 aliphatic carbocycles. The molecular formula is C9H17F2NO2. The van der Waals surface area contributed by atoms with E-state index in [1.165, 1.54) is 0 Å². The Labute approximate surface area is 82.5 Å². The van der Waals surface area contributed by atoms with Crippen molar-refractivity contribution in [1.82, 2.24) is 5.32 Å². The van der Waals surface area contributed by atoms with Crippen LogP contribution >= 0.6 is 0 Å². The van der Waals surface area contributed by atoms with Gasteiger partial charge >= 0.3 is 5.97 Å². The van der Waals surface area contributed by atoms with E-state index in [4.69, 9.17) is 5.11 Å². The number of aliphatic carboxylic acids is 1. The van der Waals surface area contributed by atoms with Gasteiger partial charge in [-0.3, -0.25) is 4.79 Å². The fourth-order valence-electron chi connectivity index (χ4n) is 1.01. The molecule has 0 unspecified atom stereocenters. The van der Waals surface area contributed by atoms with Crippen molar-refractivity contribution in [2.24, 2.45) is 11.8 Å². The van der Waals surface area contributed by atoms with E-state index in [9.17, 15) is 13.6 Å². The molecule has 14 heavy (non-hydrogen) atoms. The Kier molecular flexibility index (Phi) is 6.36. The first-order valence-corrected chi connectivity index (χ1v) is 4.66. The van der Waals surface area contributed by atoms with Gasteiger partial charge in [0.15, 0.2) is 0 Å². The number of hydrogen-bond acceptors (Lipinski definition) is 2. The molecule has 0 rings (SSSR count). The molecule has 0 heterocycles. The number of carbonyl (C=O) groups is 1. The van der Waals surface area contributed by atoms with E-state index in [1.807, 2.05) is 13.8 Å². The molecule has 0 aliphatic rings. The summed E-state index contributed by atoms with van der Waals surface area (Å²) in [6, 6.07) is 0. The molecule has 0 aromatic heterocycles. The summed E-state index contributed by atoms with van der Waals surface area (Å²) in [4.78, 5) is 10.4. The minimum Gasteiger partial charge on any atom is -0.481 e. The Bertz CT molecular complexity index is 174. The first-order chi connectivity index (χ1) is 6.45. The number of carboxylic acid groups (broad SMARTS) is 1. The highest BCUT2D eigenvalue weighted by Gasteiger charge is 2.27. The van der Waals surface area contributed by atoms with Gasteiger partial charge < -0.3 is 10.4 Å². The smallest absolute Gasteiger partial charge is 0.312 e. The molecule has 0 bridgehead atoms. The van der Waals surface area contributed by atoms with Crippen molar-refractivity contribution in [2.75, 3.05) is 13.1 Å². The quantitative estimate of drug-likeness (QED) is 0.626. The molecule has 0 saturated heterocycles. The molecular weight excluding hydrogens is 192 g/mol. The van der Waals surface area contributed by atoms with Crippen LogP contribution in [0, 0.1) is 11.8 Å². The zero-order valence-electron chi connectivity index (χ0n) is 8.46. The number of rotatable bonds is 7. The van der Waals surface area contributed by atoms with Gasteiger partial charge in [0, 0.05) is 0 Å². The Morgan fingerprint density at radius 2 is 2.00 bits per heavy atom. The first kappa shape index (κ1) is 13.3. The van der Waals surface area contributed by atoms with Crippen LogP contribution in [-0.4, -0.2) is 30.6 Å². The second-order valence-electron chi connectivity index (χ2n) is 3.67. The standard InChI is InChI=1S/C9H17F2NO2/c1-6(2)5-12-4-3-7(8(10)11)9(13)14/h6-8,12H,3-5H2,1-2H3,(H,13,14)/t7-/m0/s1. The van der Waals surface area contributed by atoms with Crippen molar-refractivity contribution in [3.63, 3.8) is 0 Å². The van der Waals surface area contributed by atoms with Gasteiger partial charge in [-0.05, 0) is 25.4 Å². The lowest BCUT2D eigenvalue weighted by Gasteiger charge is -2.12. The summed E-state index contributed by atoms with van der Waals surface area (Å²) in [7, 11) is 0. The van der Waals surface area contributed by atoms with Gasteiger partial charge in [-0.25, -0.2) is 8.78 Å². The minimum atomic E-state index is -2.78. The highest BCUT2D eigenvalue weighted by Crippen LogP contribution is 2.13. The second-order valence-corrected chi connectivity index (χ2v) is 3.67. The first-order valence-electron chi connectivity index (χ1n) is 4.66. The molecule has 0 radical (unpaired) electrons. The van der Waals surface area contributed by atoms with Crippen LogP contribution in [0.4, 0.5) is 8.78 Å². The van der Waals surface area contributed by atoms with Crippen molar-refractivity contribution >= 4 is 5.97 Å². The lowest BCUT2D eigenvalue weighted by Crippen LogP contribution is -2.28. The number of nitrogens with one attached hydrogen (secondary N) is 1. The predicted molar refractivity (Wildman–Crippen MR) is 49.5 cm³/mol. The van der Waals surface area contributed by atoms with E-state index in [2.05, 4.69) is 5.32 Å². The summed E-state index contributed by atoms with van der Waals surface area (Å²) >= 11 is 0. The van der Waals surface area contributed by atoms with Crippen LogP contribution < -0.4 is 5.32 Å². The Hall–Kier alpha value is -0.710. The highest BCUT2D eigenvalue weighted by molar-refractivity contribution is 5.70. The summed E-state index contributed by atoms with van der Waals surface area (Å²) in [6.45, 7) is 5.03. The van der Waals surface area contributed by atoms with Crippen LogP contribution in [0.2, 0.25) is 0 Å². The van der Waals surface area contributed by atoms with Crippen molar-refractivity contribution in [3.05, 3.63) is 0 Å². The summed E-state index contributed by atoms with van der Waals surface area (Å²) in [5.41, 5.74) is 0. The Morgan fingerprint density at radius 3 is 2.36 bits per heavy atom. The number of hydrogen-bond donors (Lipinski definition) is 2. The second kappa shape index (κ2) is 6.70. The average molecular weight is 209 g/mol. The minimum absolute atomic E-state index is 0.0281. The third-order valence-corrected chi connectivity index (χ3v) is 1.81. The molecule has 3 nitrogen and oxygen atoms in total. The van der Waals surface area contributed by atoms with Crippen LogP contribution in [0.25, 0.3) is 0 Å². The van der Waals surface area contributed by atoms with E-state index < -0.39 is 18.3 Å². The SMILES string of the molecule is CC(C)CNCC[C@H](C(=O)O)C(F)F. The zero-order chi connectivity index (χ0) is 11.1. The van der Waals surface area contributed by atoms with Gasteiger partial charge in [-0.1, -0.05) is 13.8 Å². The molecule has 84 valence electrons. The number of carboxylic acids is 1. The van der Waals surface area contributed by atoms with Crippen LogP contribution in [0.5, 0.6) is 0 Å². The summed E-state index contributed by atoms with van der Waals surface area (Å²) in [5, 5.41) is 11.4. The summed E-state index contributed by atoms with van der Waals surface area (Å²) in [5.74, 6) is -2.54. The number of alkyl halides is 2. The van der Waals surface area contributed by atoms with Gasteiger partial charge in [0.05, 0.1) is 0 Å². The molecule has 2 N–H and O–H groups in total. The van der Waals surface area contributed by atoms with Crippen molar-refractivity contribution < 1.29 is 18.7 Å². The van der Waals surface area contributed by atoms with E-state index in [1.54, 1.807) is 0 Å². The number of halogens is 2. The van der Waals surface area contributed by atoms with Gasteiger partial charge in [0.1, 0.15) is 5.92 Å². The molecule has 0 spiro atoms. The lowest BCUT2D eigenvalue weighted by atomic mass is 10.1. The van der Waals surface area contributed by atoms with E-state index in [-0.39, 0.29) is 6.42 Å². The molecule has 0 aromatic carbocycles. The molecule has 0 aliphatic heterocycles. The molecule has 0 fully saturated rings. The summed E-state index contributed by atoms with van der Waals surface area (Å²) in [6.07, 6.45) is -2.81. The van der Waals surface area contributed by atoms with Crippen molar-refractivity contribution in [1.29, 1.82) is 0 Å². The van der Waals surface area contributed by atoms with Gasteiger partial charge in [0.25, 0.3) is 6.43 Å². The van der Waals surface area contributed by atoms with Gasteiger partial charge in [0.2, 0.25) is 0 Å². The van der Waals surface area contributed by atoms with Gasteiger partial charge in [-0.15, -0.1) is 0 Å². The van der Waals surface area contributed by atoms with E-state index in [0.29, 0.717) is 12.5 Å². The molecule has 1 atom stereocenters.